The molecule has 0 radical (unpaired) electrons. The molecular weight excluding hydrogens is 377 g/mol. The molecule has 1 unspecified atom stereocenters. The highest BCUT2D eigenvalue weighted by Crippen LogP contribution is 2.38. The Balaban J connectivity index is 0.00000225. The number of piperidine rings is 1. The maximum absolute atomic E-state index is 13.1. The summed E-state index contributed by atoms with van der Waals surface area (Å²) in [5.74, 6) is -0.305. The summed E-state index contributed by atoms with van der Waals surface area (Å²) >= 11 is 0. The second kappa shape index (κ2) is 9.17. The Labute approximate surface area is 172 Å². The molecule has 2 heterocycles. The van der Waals surface area contributed by atoms with Crippen molar-refractivity contribution in [2.45, 2.75) is 37.2 Å². The van der Waals surface area contributed by atoms with Gasteiger partial charge in [0.1, 0.15) is 11.6 Å². The Morgan fingerprint density at radius 2 is 1.71 bits per heavy atom. The van der Waals surface area contributed by atoms with Crippen molar-refractivity contribution >= 4 is 18.2 Å². The summed E-state index contributed by atoms with van der Waals surface area (Å²) in [4.78, 5) is 15.2. The lowest BCUT2D eigenvalue weighted by atomic mass is 9.79. The lowest BCUT2D eigenvalue weighted by Gasteiger charge is -2.45. The van der Waals surface area contributed by atoms with Crippen LogP contribution in [0.1, 0.15) is 36.3 Å². The lowest BCUT2D eigenvalue weighted by Crippen LogP contribution is -2.51. The van der Waals surface area contributed by atoms with Crippen LogP contribution in [-0.4, -0.2) is 42.5 Å². The Hall–Kier alpha value is -1.75. The summed E-state index contributed by atoms with van der Waals surface area (Å²) in [5, 5.41) is 0. The smallest absolute Gasteiger partial charge is 0.145 e. The Kier molecular flexibility index (Phi) is 6.86. The van der Waals surface area contributed by atoms with Gasteiger partial charge < -0.3 is 9.64 Å². The van der Waals surface area contributed by atoms with Gasteiger partial charge in [0, 0.05) is 26.1 Å². The number of carbonyl (C=O) groups excluding carboxylic acids is 1. The molecule has 2 aromatic rings. The number of nitrogens with zero attached hydrogens (tertiary/aromatic N) is 1. The fourth-order valence-corrected chi connectivity index (χ4v) is 4.26. The highest BCUT2D eigenvalue weighted by Gasteiger charge is 2.43. The van der Waals surface area contributed by atoms with Crippen molar-refractivity contribution in [2.24, 2.45) is 0 Å². The molecule has 3 nitrogen and oxygen atoms in total. The van der Waals surface area contributed by atoms with Crippen LogP contribution in [0.4, 0.5) is 4.39 Å². The molecule has 2 aromatic carbocycles. The maximum Gasteiger partial charge on any atom is 0.145 e. The molecule has 1 spiro atoms. The molecule has 2 fully saturated rings. The molecule has 2 aliphatic rings. The molecule has 150 valence electrons. The largest absolute Gasteiger partial charge is 0.373 e. The highest BCUT2D eigenvalue weighted by molar-refractivity contribution is 5.87. The zero-order valence-electron chi connectivity index (χ0n) is 16.0. The fraction of sp³-hybridized carbons (Fsp3) is 0.435. The van der Waals surface area contributed by atoms with Crippen molar-refractivity contribution in [1.82, 2.24) is 4.90 Å². The summed E-state index contributed by atoms with van der Waals surface area (Å²) in [6.45, 7) is 3.41. The van der Waals surface area contributed by atoms with Crippen molar-refractivity contribution in [3.63, 3.8) is 0 Å². The standard InChI is InChI=1S/C23H26FNO2.ClH/c24-20-8-6-19(7-9-20)21-17-27-23(16-22(21)26)11-14-25(15-12-23)13-10-18-4-2-1-3-5-18;/h1-9,21H,10-17H2;1H. The number of carbonyl (C=O) groups is 1. The van der Waals surface area contributed by atoms with E-state index in [4.69, 9.17) is 4.74 Å². The van der Waals surface area contributed by atoms with E-state index in [1.54, 1.807) is 12.1 Å². The van der Waals surface area contributed by atoms with Gasteiger partial charge in [0.2, 0.25) is 0 Å². The van der Waals surface area contributed by atoms with Crippen LogP contribution in [0.3, 0.4) is 0 Å². The third-order valence-electron chi connectivity index (χ3n) is 6.04. The highest BCUT2D eigenvalue weighted by atomic mass is 35.5. The number of halogens is 2. The van der Waals surface area contributed by atoms with Gasteiger partial charge in [0.05, 0.1) is 18.1 Å². The first kappa shape index (κ1) is 21.0. The molecular formula is C23H27ClFNO2. The van der Waals surface area contributed by atoms with Crippen molar-refractivity contribution in [2.75, 3.05) is 26.2 Å². The topological polar surface area (TPSA) is 29.5 Å². The van der Waals surface area contributed by atoms with Crippen LogP contribution in [-0.2, 0) is 16.0 Å². The number of rotatable bonds is 4. The first-order valence-electron chi connectivity index (χ1n) is 9.82. The van der Waals surface area contributed by atoms with Gasteiger partial charge in [-0.15, -0.1) is 12.4 Å². The molecule has 28 heavy (non-hydrogen) atoms. The molecule has 4 rings (SSSR count). The van der Waals surface area contributed by atoms with E-state index in [2.05, 4.69) is 29.2 Å². The van der Waals surface area contributed by atoms with E-state index >= 15 is 0 Å². The second-order valence-electron chi connectivity index (χ2n) is 7.82. The first-order chi connectivity index (χ1) is 13.1. The minimum absolute atomic E-state index is 0. The van der Waals surface area contributed by atoms with Gasteiger partial charge in [-0.05, 0) is 42.5 Å². The number of hydrogen-bond donors (Lipinski definition) is 0. The zero-order chi connectivity index (χ0) is 18.7. The van der Waals surface area contributed by atoms with Gasteiger partial charge in [-0.25, -0.2) is 4.39 Å². The summed E-state index contributed by atoms with van der Waals surface area (Å²) in [6.07, 6.45) is 3.34. The van der Waals surface area contributed by atoms with Crippen LogP contribution in [0.2, 0.25) is 0 Å². The molecule has 1 atom stereocenters. The van der Waals surface area contributed by atoms with Crippen LogP contribution in [0, 0.1) is 5.82 Å². The Morgan fingerprint density at radius 3 is 2.36 bits per heavy atom. The maximum atomic E-state index is 13.1. The minimum atomic E-state index is -0.295. The summed E-state index contributed by atoms with van der Waals surface area (Å²) in [7, 11) is 0. The molecule has 0 amide bonds. The Morgan fingerprint density at radius 1 is 1.04 bits per heavy atom. The zero-order valence-corrected chi connectivity index (χ0v) is 16.8. The predicted molar refractivity (Wildman–Crippen MR) is 111 cm³/mol. The molecule has 5 heteroatoms. The molecule has 0 bridgehead atoms. The Bertz CT molecular complexity index is 773. The van der Waals surface area contributed by atoms with E-state index in [0.717, 1.165) is 44.5 Å². The van der Waals surface area contributed by atoms with Gasteiger partial charge in [-0.3, -0.25) is 4.79 Å². The van der Waals surface area contributed by atoms with E-state index in [-0.39, 0.29) is 35.5 Å². The minimum Gasteiger partial charge on any atom is -0.373 e. The average molecular weight is 404 g/mol. The molecule has 0 aliphatic carbocycles. The van der Waals surface area contributed by atoms with E-state index < -0.39 is 0 Å². The quantitative estimate of drug-likeness (QED) is 0.757. The van der Waals surface area contributed by atoms with Crippen LogP contribution in [0.25, 0.3) is 0 Å². The van der Waals surface area contributed by atoms with E-state index in [1.165, 1.54) is 17.7 Å². The third-order valence-corrected chi connectivity index (χ3v) is 6.04. The second-order valence-corrected chi connectivity index (χ2v) is 7.82. The first-order valence-corrected chi connectivity index (χ1v) is 9.82. The monoisotopic (exact) mass is 403 g/mol. The van der Waals surface area contributed by atoms with Crippen molar-refractivity contribution < 1.29 is 13.9 Å². The van der Waals surface area contributed by atoms with Crippen LogP contribution >= 0.6 is 12.4 Å². The van der Waals surface area contributed by atoms with Gasteiger partial charge in [-0.1, -0.05) is 42.5 Å². The van der Waals surface area contributed by atoms with Crippen LogP contribution in [0.5, 0.6) is 0 Å². The molecule has 0 aromatic heterocycles. The molecule has 0 saturated carbocycles. The average Bonchev–Trinajstić information content (AvgIpc) is 2.70. The van der Waals surface area contributed by atoms with Crippen molar-refractivity contribution in [3.8, 4) is 0 Å². The van der Waals surface area contributed by atoms with Crippen molar-refractivity contribution in [3.05, 3.63) is 71.5 Å². The number of ketones is 1. The van der Waals surface area contributed by atoms with Crippen LogP contribution in [0.15, 0.2) is 54.6 Å². The third kappa shape index (κ3) is 4.80. The van der Waals surface area contributed by atoms with Gasteiger partial charge in [0.15, 0.2) is 0 Å². The SMILES string of the molecule is Cl.O=C1CC2(CCN(CCc3ccccc3)CC2)OCC1c1ccc(F)cc1. The van der Waals surface area contributed by atoms with Crippen LogP contribution < -0.4 is 0 Å². The normalized spacial score (nSPS) is 22.0. The summed E-state index contributed by atoms with van der Waals surface area (Å²) in [6, 6.07) is 16.8. The fourth-order valence-electron chi connectivity index (χ4n) is 4.26. The lowest BCUT2D eigenvalue weighted by molar-refractivity contribution is -0.151. The number of hydrogen-bond acceptors (Lipinski definition) is 3. The molecule has 2 aliphatic heterocycles. The van der Waals surface area contributed by atoms with E-state index in [9.17, 15) is 9.18 Å². The van der Waals surface area contributed by atoms with Crippen molar-refractivity contribution in [1.29, 1.82) is 0 Å². The number of Topliss-reactive ketones (excluding diaryl/α,β-unsaturated/α-hetero) is 1. The number of ether oxygens (including phenoxy) is 1. The summed E-state index contributed by atoms with van der Waals surface area (Å²) < 4.78 is 19.4. The number of benzene rings is 2. The van der Waals surface area contributed by atoms with Gasteiger partial charge >= 0.3 is 0 Å². The molecule has 2 saturated heterocycles. The molecule has 0 N–H and O–H groups in total. The van der Waals surface area contributed by atoms with Gasteiger partial charge in [-0.2, -0.15) is 0 Å². The predicted octanol–water partition coefficient (Wildman–Crippen LogP) is 4.40. The summed E-state index contributed by atoms with van der Waals surface area (Å²) in [5.41, 5.74) is 1.93. The van der Waals surface area contributed by atoms with E-state index in [1.807, 2.05) is 6.07 Å². The van der Waals surface area contributed by atoms with E-state index in [0.29, 0.717) is 13.0 Å². The van der Waals surface area contributed by atoms with Gasteiger partial charge in [0.25, 0.3) is 0 Å². The number of likely N-dealkylation sites (tertiary alicyclic amines) is 1.